The zero-order valence-electron chi connectivity index (χ0n) is 44.6. The number of nitrogens with two attached hydrogens (primary N) is 1. The van der Waals surface area contributed by atoms with Crippen LogP contribution in [0.2, 0.25) is 0 Å². The van der Waals surface area contributed by atoms with E-state index in [-0.39, 0.29) is 29.8 Å². The maximum Gasteiger partial charge on any atom is 0.363 e. The van der Waals surface area contributed by atoms with Crippen molar-refractivity contribution in [2.24, 2.45) is 14.1 Å². The zero-order valence-corrected chi connectivity index (χ0v) is 44.6. The van der Waals surface area contributed by atoms with Crippen LogP contribution in [0.1, 0.15) is 114 Å². The third kappa shape index (κ3) is 14.3. The molecule has 0 amide bonds. The lowest BCUT2D eigenvalue weighted by molar-refractivity contribution is -0.385. The van der Waals surface area contributed by atoms with Crippen LogP contribution in [0.15, 0.2) is 73.3 Å². The van der Waals surface area contributed by atoms with Crippen molar-refractivity contribution < 1.29 is 34.0 Å². The highest BCUT2D eigenvalue weighted by atomic mass is 16.6. The summed E-state index contributed by atoms with van der Waals surface area (Å²) in [5.41, 5.74) is 11.6. The number of ether oxygens (including phenoxy) is 2. The van der Waals surface area contributed by atoms with Crippen molar-refractivity contribution >= 4 is 63.9 Å². The van der Waals surface area contributed by atoms with Crippen LogP contribution in [0.5, 0.6) is 0 Å². The lowest BCUT2D eigenvalue weighted by Gasteiger charge is -2.23. The van der Waals surface area contributed by atoms with Crippen LogP contribution in [-0.2, 0) is 43.1 Å². The van der Waals surface area contributed by atoms with E-state index in [9.17, 15) is 29.8 Å². The Labute approximate surface area is 452 Å². The third-order valence-electron chi connectivity index (χ3n) is 12.8. The number of ketones is 1. The first-order valence-electron chi connectivity index (χ1n) is 25.6. The second kappa shape index (κ2) is 25.3. The molecule has 0 atom stereocenters. The molecular weight excluding hydrogens is 1020 g/mol. The van der Waals surface area contributed by atoms with E-state index < -0.39 is 33.0 Å². The van der Waals surface area contributed by atoms with Gasteiger partial charge in [-0.2, -0.15) is 49.4 Å². The van der Waals surface area contributed by atoms with Gasteiger partial charge in [0.15, 0.2) is 17.1 Å². The number of nitrogen functional groups attached to an aromatic ring is 1. The van der Waals surface area contributed by atoms with Crippen LogP contribution in [-0.4, -0.2) is 124 Å². The fourth-order valence-corrected chi connectivity index (χ4v) is 8.76. The second-order valence-corrected chi connectivity index (χ2v) is 19.5. The summed E-state index contributed by atoms with van der Waals surface area (Å²) in [5, 5.41) is 60.1. The number of carbonyl (C=O) groups excluding carboxylic acids is 1. The molecule has 6 aromatic heterocycles. The van der Waals surface area contributed by atoms with E-state index in [2.05, 4.69) is 69.4 Å². The summed E-state index contributed by atoms with van der Waals surface area (Å²) in [4.78, 5) is 62.3. The maximum absolute atomic E-state index is 12.8. The van der Waals surface area contributed by atoms with Crippen LogP contribution >= 0.6 is 0 Å². The van der Waals surface area contributed by atoms with Gasteiger partial charge in [0, 0.05) is 88.9 Å². The number of anilines is 5. The number of benzene rings is 2. The highest BCUT2D eigenvalue weighted by Gasteiger charge is 2.27. The average molecular weight is 1090 g/mol. The Kier molecular flexibility index (Phi) is 18.0. The number of carboxylic acids is 1. The molecule has 0 spiro atoms. The molecule has 2 aromatic carbocycles. The highest BCUT2D eigenvalue weighted by molar-refractivity contribution is 5.99. The molecule has 2 aliphatic heterocycles. The molecule has 0 unspecified atom stereocenters. The molecule has 28 nitrogen and oxygen atoms in total. The predicted octanol–water partition coefficient (Wildman–Crippen LogP) is 6.58. The van der Waals surface area contributed by atoms with Gasteiger partial charge in [0.1, 0.15) is 12.4 Å². The number of rotatable bonds is 18. The number of carbonyl (C=O) groups is 2. The first kappa shape index (κ1) is 56.0. The number of fused-ring (bicyclic) bond motifs is 2. The predicted molar refractivity (Wildman–Crippen MR) is 291 cm³/mol. The van der Waals surface area contributed by atoms with Crippen LogP contribution in [0.3, 0.4) is 0 Å². The van der Waals surface area contributed by atoms with Crippen molar-refractivity contribution in [1.82, 2.24) is 58.7 Å². The van der Waals surface area contributed by atoms with Crippen molar-refractivity contribution in [2.45, 2.75) is 96.8 Å². The number of Topliss-reactive ketones (excluding diaryl/α,β-unsaturated/α-hetero) is 1. The Balaban J connectivity index is 0.000000178. The number of aryl methyl sites for hydroxylation is 2. The molecule has 2 saturated heterocycles. The standard InChI is InChI=1S/C26H31N9O4.C20H27N7O.C5H5N3O4/c1-16(2)20-14-28-34-24(20)30-25(29-19-7-9-39-10-8-19)31-26(34)27-13-18-6-4-5-17(11-18)12-22(36)23-21(35(37)38)15-33(3)32-23;1-13(2)17-12-23-27-18(17)25-19(24-16-6-8-28-9-7-16)26-20(27)22-11-14-4-3-5-15(21)10-14;1-7-2-3(8(11)12)4(6-7)5(9)10/h4-6,11,14-16,19H,7-10,12-13H2,1-3H3,(H2,27,29,30,31);3-5,10,12-13,16H,6-9,11,21H2,1-2H3,(H2,22,24,25,26);2H,1H3,(H,9,10). The van der Waals surface area contributed by atoms with Gasteiger partial charge < -0.3 is 41.6 Å². The number of aromatic nitrogens is 12. The van der Waals surface area contributed by atoms with Gasteiger partial charge in [-0.3, -0.25) is 34.4 Å². The van der Waals surface area contributed by atoms with Gasteiger partial charge in [-0.25, -0.2) is 4.79 Å². The van der Waals surface area contributed by atoms with Gasteiger partial charge in [-0.1, -0.05) is 64.1 Å². The Bertz CT molecular complexity index is 3420. The van der Waals surface area contributed by atoms with Gasteiger partial charge in [0.25, 0.3) is 0 Å². The number of nitrogens with zero attached hydrogens (tertiary/aromatic N) is 14. The summed E-state index contributed by atoms with van der Waals surface area (Å²) in [7, 11) is 2.97. The van der Waals surface area contributed by atoms with Crippen LogP contribution in [0.4, 0.5) is 40.9 Å². The van der Waals surface area contributed by atoms with Crippen molar-refractivity contribution in [3.63, 3.8) is 0 Å². The van der Waals surface area contributed by atoms with Gasteiger partial charge in [-0.15, -0.1) is 0 Å². The molecule has 0 saturated carbocycles. The largest absolute Gasteiger partial charge is 0.476 e. The number of hydrogen-bond acceptors (Lipinski definition) is 21. The van der Waals surface area contributed by atoms with Crippen LogP contribution in [0, 0.1) is 20.2 Å². The smallest absolute Gasteiger partial charge is 0.363 e. The molecule has 7 N–H and O–H groups in total. The summed E-state index contributed by atoms with van der Waals surface area (Å²) in [5.74, 6) is 1.12. The fraction of sp³-hybridized carbons (Fsp3) is 0.412. The Morgan fingerprint density at radius 1 is 0.684 bits per heavy atom. The van der Waals surface area contributed by atoms with E-state index in [1.807, 2.05) is 60.9 Å². The maximum atomic E-state index is 12.8. The molecule has 2 fully saturated rings. The summed E-state index contributed by atoms with van der Waals surface area (Å²) >= 11 is 0. The van der Waals surface area contributed by atoms with Crippen molar-refractivity contribution in [3.05, 3.63) is 133 Å². The average Bonchev–Trinajstić information content (AvgIpc) is 4.26. The molecule has 416 valence electrons. The summed E-state index contributed by atoms with van der Waals surface area (Å²) < 4.78 is 16.8. The Morgan fingerprint density at radius 2 is 1.13 bits per heavy atom. The van der Waals surface area contributed by atoms with E-state index in [1.165, 1.54) is 17.9 Å². The molecule has 2 aliphatic rings. The SMILES string of the molecule is CC(C)c1cnn2c(NCc3cccc(CC(=O)c4nn(C)cc4[N+](=O)[O-])c3)nc(NC3CCOCC3)nc12.CC(C)c1cnn2c(NCc3cccc(N)c3)nc(NC3CCOCC3)nc12.Cn1cc([N+](=O)[O-])c(C(=O)O)n1. The lowest BCUT2D eigenvalue weighted by atomic mass is 10.0. The lowest BCUT2D eigenvalue weighted by Crippen LogP contribution is -2.29. The molecule has 28 heteroatoms. The molecule has 0 radical (unpaired) electrons. The Hall–Kier alpha value is -9.18. The molecular formula is C51H63N19O9. The topological polar surface area (TPSA) is 355 Å². The van der Waals surface area contributed by atoms with E-state index in [0.717, 1.165) is 94.6 Å². The number of nitrogens with one attached hydrogen (secondary N) is 4. The first-order chi connectivity index (χ1) is 37.9. The second-order valence-electron chi connectivity index (χ2n) is 19.5. The minimum Gasteiger partial charge on any atom is -0.476 e. The first-order valence-corrected chi connectivity index (χ1v) is 25.6. The number of carboxylic acid groups (broad SMARTS) is 1. The van der Waals surface area contributed by atoms with Gasteiger partial charge in [-0.05, 0) is 66.3 Å². The summed E-state index contributed by atoms with van der Waals surface area (Å²) in [6.07, 6.45) is 9.67. The Morgan fingerprint density at radius 3 is 1.57 bits per heavy atom. The van der Waals surface area contributed by atoms with E-state index in [4.69, 9.17) is 40.2 Å². The van der Waals surface area contributed by atoms with Crippen molar-refractivity contribution in [2.75, 3.05) is 53.4 Å². The van der Waals surface area contributed by atoms with Crippen molar-refractivity contribution in [1.29, 1.82) is 0 Å². The summed E-state index contributed by atoms with van der Waals surface area (Å²) in [6, 6.07) is 15.9. The quantitative estimate of drug-likeness (QED) is 0.0229. The minimum absolute atomic E-state index is 0.000475. The summed E-state index contributed by atoms with van der Waals surface area (Å²) in [6.45, 7) is 12.5. The minimum atomic E-state index is -1.40. The normalized spacial score (nSPS) is 13.9. The molecule has 0 aliphatic carbocycles. The van der Waals surface area contributed by atoms with E-state index in [1.54, 1.807) is 16.1 Å². The molecule has 8 aromatic rings. The molecule has 10 rings (SSSR count). The van der Waals surface area contributed by atoms with Gasteiger partial charge in [0.2, 0.25) is 35.2 Å². The van der Waals surface area contributed by atoms with E-state index in [0.29, 0.717) is 62.1 Å². The fourth-order valence-electron chi connectivity index (χ4n) is 8.76. The third-order valence-corrected chi connectivity index (χ3v) is 12.8. The van der Waals surface area contributed by atoms with E-state index >= 15 is 0 Å². The molecule has 79 heavy (non-hydrogen) atoms. The number of hydrogen-bond donors (Lipinski definition) is 6. The molecule has 8 heterocycles. The number of aromatic carboxylic acids is 1. The molecule has 0 bridgehead atoms. The van der Waals surface area contributed by atoms with Gasteiger partial charge in [0.05, 0.1) is 22.2 Å². The highest BCUT2D eigenvalue weighted by Crippen LogP contribution is 2.26. The van der Waals surface area contributed by atoms with Crippen LogP contribution < -0.4 is 27.0 Å². The van der Waals surface area contributed by atoms with Crippen molar-refractivity contribution in [3.8, 4) is 0 Å². The zero-order chi connectivity index (χ0) is 56.3. The monoisotopic (exact) mass is 1090 g/mol. The van der Waals surface area contributed by atoms with Crippen LogP contribution in [0.25, 0.3) is 11.3 Å². The van der Waals surface area contributed by atoms with Gasteiger partial charge >= 0.3 is 17.3 Å². The number of nitro groups is 2.